The van der Waals surface area contributed by atoms with Crippen LogP contribution in [-0.2, 0) is 9.05 Å². The number of benzene rings is 1. The van der Waals surface area contributed by atoms with Crippen molar-refractivity contribution in [3.05, 3.63) is 27.3 Å². The van der Waals surface area contributed by atoms with Gasteiger partial charge in [0.05, 0.1) is 17.6 Å². The maximum atomic E-state index is 11.2. The van der Waals surface area contributed by atoms with E-state index in [0.717, 1.165) is 12.1 Å². The zero-order valence-corrected chi connectivity index (χ0v) is 10.8. The number of hydrogen-bond donors (Lipinski definition) is 0. The largest absolute Gasteiger partial charge is 0.494 e. The molecule has 1 aromatic carbocycles. The third kappa shape index (κ3) is 3.21. The van der Waals surface area contributed by atoms with Crippen LogP contribution >= 0.6 is 22.3 Å². The first-order chi connectivity index (χ1) is 7.77. The Morgan fingerprint density at radius 3 is 2.47 bits per heavy atom. The highest BCUT2D eigenvalue weighted by Gasteiger charge is 2.25. The van der Waals surface area contributed by atoms with Gasteiger partial charge in [-0.3, -0.25) is 10.1 Å². The van der Waals surface area contributed by atoms with E-state index in [1.807, 2.05) is 0 Å². The van der Waals surface area contributed by atoms with Crippen LogP contribution in [0.25, 0.3) is 0 Å². The van der Waals surface area contributed by atoms with Gasteiger partial charge in [-0.25, -0.2) is 8.42 Å². The molecule has 0 unspecified atom stereocenters. The van der Waals surface area contributed by atoms with Crippen LogP contribution < -0.4 is 4.74 Å². The van der Waals surface area contributed by atoms with Crippen molar-refractivity contribution in [2.75, 3.05) is 6.61 Å². The van der Waals surface area contributed by atoms with E-state index in [9.17, 15) is 18.5 Å². The molecule has 6 nitrogen and oxygen atoms in total. The van der Waals surface area contributed by atoms with Crippen LogP contribution in [-0.4, -0.2) is 19.9 Å². The molecule has 0 spiro atoms. The van der Waals surface area contributed by atoms with Crippen molar-refractivity contribution in [3.8, 4) is 5.75 Å². The standard InChI is InChI=1S/C8H7Cl2NO5S/c1-2-16-5-3-6(11(12)13)8(9)7(4-5)17(10,14)15/h3-4H,2H2,1H3. The third-order valence-electron chi connectivity index (χ3n) is 1.76. The summed E-state index contributed by atoms with van der Waals surface area (Å²) in [5, 5.41) is 10.2. The van der Waals surface area contributed by atoms with Gasteiger partial charge in [-0.1, -0.05) is 11.6 Å². The Balaban J connectivity index is 3.55. The molecule has 0 aromatic heterocycles. The second kappa shape index (κ2) is 5.07. The predicted octanol–water partition coefficient (Wildman–Crippen LogP) is 2.57. The smallest absolute Gasteiger partial charge is 0.292 e. The first-order valence-corrected chi connectivity index (χ1v) is 7.01. The van der Waals surface area contributed by atoms with E-state index in [-0.39, 0.29) is 12.4 Å². The molecule has 0 aliphatic rings. The first-order valence-electron chi connectivity index (χ1n) is 4.32. The third-order valence-corrected chi connectivity index (χ3v) is 3.62. The normalized spacial score (nSPS) is 11.2. The second-order valence-corrected chi connectivity index (χ2v) is 5.79. The molecule has 0 saturated heterocycles. The van der Waals surface area contributed by atoms with Crippen LogP contribution in [0.5, 0.6) is 5.75 Å². The molecule has 0 N–H and O–H groups in total. The number of halogens is 2. The van der Waals surface area contributed by atoms with Crippen molar-refractivity contribution >= 4 is 37.0 Å². The van der Waals surface area contributed by atoms with E-state index in [1.165, 1.54) is 0 Å². The number of ether oxygens (including phenoxy) is 1. The summed E-state index contributed by atoms with van der Waals surface area (Å²) in [5.41, 5.74) is -0.572. The predicted molar refractivity (Wildman–Crippen MR) is 62.3 cm³/mol. The molecular weight excluding hydrogens is 293 g/mol. The summed E-state index contributed by atoms with van der Waals surface area (Å²) in [6.07, 6.45) is 0. The number of nitro groups is 1. The fraction of sp³-hybridized carbons (Fsp3) is 0.250. The summed E-state index contributed by atoms with van der Waals surface area (Å²) in [5.74, 6) is 0.0165. The number of nitrogens with zero attached hydrogens (tertiary/aromatic N) is 1. The lowest BCUT2D eigenvalue weighted by Crippen LogP contribution is -2.00. The van der Waals surface area contributed by atoms with Crippen LogP contribution in [0, 0.1) is 10.1 Å². The zero-order chi connectivity index (χ0) is 13.2. The van der Waals surface area contributed by atoms with Gasteiger partial charge < -0.3 is 4.74 Å². The Kier molecular flexibility index (Phi) is 4.18. The lowest BCUT2D eigenvalue weighted by Gasteiger charge is -2.06. The van der Waals surface area contributed by atoms with Crippen molar-refractivity contribution in [1.82, 2.24) is 0 Å². The molecular formula is C8H7Cl2NO5S. The molecule has 0 atom stereocenters. The second-order valence-electron chi connectivity index (χ2n) is 2.88. The van der Waals surface area contributed by atoms with E-state index in [0.29, 0.717) is 0 Å². The molecule has 1 rings (SSSR count). The molecule has 0 aliphatic heterocycles. The molecule has 0 fully saturated rings. The molecule has 0 heterocycles. The van der Waals surface area contributed by atoms with Gasteiger partial charge in [-0.05, 0) is 6.92 Å². The summed E-state index contributed by atoms with van der Waals surface area (Å²) in [4.78, 5) is 9.33. The Morgan fingerprint density at radius 1 is 1.47 bits per heavy atom. The van der Waals surface area contributed by atoms with E-state index in [1.54, 1.807) is 6.92 Å². The summed E-state index contributed by atoms with van der Waals surface area (Å²) >= 11 is 5.60. The first kappa shape index (κ1) is 14.0. The number of rotatable bonds is 4. The minimum Gasteiger partial charge on any atom is -0.494 e. The van der Waals surface area contributed by atoms with E-state index in [2.05, 4.69) is 0 Å². The van der Waals surface area contributed by atoms with Crippen molar-refractivity contribution in [1.29, 1.82) is 0 Å². The Labute approximate surface area is 107 Å². The van der Waals surface area contributed by atoms with Crippen LogP contribution in [0.15, 0.2) is 17.0 Å². The average molecular weight is 300 g/mol. The fourth-order valence-corrected chi connectivity index (χ4v) is 2.66. The van der Waals surface area contributed by atoms with Crippen LogP contribution in [0.4, 0.5) is 5.69 Å². The van der Waals surface area contributed by atoms with Crippen LogP contribution in [0.3, 0.4) is 0 Å². The molecule has 0 saturated carbocycles. The SMILES string of the molecule is CCOc1cc([N+](=O)[O-])c(Cl)c(S(=O)(=O)Cl)c1. The van der Waals surface area contributed by atoms with Crippen LogP contribution in [0.1, 0.15) is 6.92 Å². The summed E-state index contributed by atoms with van der Waals surface area (Å²) in [6.45, 7) is 1.87. The molecule has 0 aliphatic carbocycles. The molecule has 17 heavy (non-hydrogen) atoms. The highest BCUT2D eigenvalue weighted by molar-refractivity contribution is 8.13. The van der Waals surface area contributed by atoms with Gasteiger partial charge in [-0.15, -0.1) is 0 Å². The number of hydrogen-bond acceptors (Lipinski definition) is 5. The Hall–Kier alpha value is -1.05. The zero-order valence-electron chi connectivity index (χ0n) is 8.51. The van der Waals surface area contributed by atoms with Gasteiger partial charge in [-0.2, -0.15) is 0 Å². The molecule has 0 radical (unpaired) electrons. The van der Waals surface area contributed by atoms with Crippen LogP contribution in [0.2, 0.25) is 5.02 Å². The van der Waals surface area contributed by atoms with E-state index >= 15 is 0 Å². The van der Waals surface area contributed by atoms with Gasteiger partial charge in [0.15, 0.2) is 0 Å². The van der Waals surface area contributed by atoms with Crippen molar-refractivity contribution in [2.24, 2.45) is 0 Å². The summed E-state index contributed by atoms with van der Waals surface area (Å²) in [7, 11) is 0.948. The molecule has 1 aromatic rings. The lowest BCUT2D eigenvalue weighted by atomic mass is 10.3. The maximum Gasteiger partial charge on any atom is 0.292 e. The Bertz CT molecular complexity index is 557. The van der Waals surface area contributed by atoms with E-state index in [4.69, 9.17) is 27.0 Å². The van der Waals surface area contributed by atoms with Crippen molar-refractivity contribution in [2.45, 2.75) is 11.8 Å². The molecule has 94 valence electrons. The van der Waals surface area contributed by atoms with Gasteiger partial charge in [0.1, 0.15) is 15.7 Å². The minimum absolute atomic E-state index is 0.0165. The summed E-state index contributed by atoms with van der Waals surface area (Å²) in [6, 6.07) is 2.08. The van der Waals surface area contributed by atoms with E-state index < -0.39 is 29.6 Å². The minimum atomic E-state index is -4.17. The van der Waals surface area contributed by atoms with Gasteiger partial charge in [0.25, 0.3) is 14.7 Å². The highest BCUT2D eigenvalue weighted by Crippen LogP contribution is 2.36. The topological polar surface area (TPSA) is 86.5 Å². The van der Waals surface area contributed by atoms with Gasteiger partial charge >= 0.3 is 0 Å². The number of nitro benzene ring substituents is 1. The average Bonchev–Trinajstić information content (AvgIpc) is 2.18. The fourth-order valence-electron chi connectivity index (χ4n) is 1.12. The van der Waals surface area contributed by atoms with Gasteiger partial charge in [0.2, 0.25) is 0 Å². The summed E-state index contributed by atoms with van der Waals surface area (Å²) < 4.78 is 27.4. The Morgan fingerprint density at radius 2 is 2.06 bits per heavy atom. The molecule has 0 amide bonds. The maximum absolute atomic E-state index is 11.2. The van der Waals surface area contributed by atoms with Crippen molar-refractivity contribution in [3.63, 3.8) is 0 Å². The lowest BCUT2D eigenvalue weighted by molar-refractivity contribution is -0.385. The molecule has 9 heteroatoms. The quantitative estimate of drug-likeness (QED) is 0.484. The van der Waals surface area contributed by atoms with Gasteiger partial charge in [0, 0.05) is 16.7 Å². The monoisotopic (exact) mass is 299 g/mol. The molecule has 0 bridgehead atoms. The highest BCUT2D eigenvalue weighted by atomic mass is 35.7. The van der Waals surface area contributed by atoms with Crippen molar-refractivity contribution < 1.29 is 18.1 Å².